The molecule has 0 aromatic heterocycles. The van der Waals surface area contributed by atoms with Gasteiger partial charge in [0.2, 0.25) is 0 Å². The highest BCUT2D eigenvalue weighted by molar-refractivity contribution is 6.69. The number of fused-ring (bicyclic) bond motifs is 5. The lowest BCUT2D eigenvalue weighted by molar-refractivity contribution is -0.162. The van der Waals surface area contributed by atoms with E-state index in [1.807, 2.05) is 0 Å². The van der Waals surface area contributed by atoms with Crippen molar-refractivity contribution in [2.24, 2.45) is 34.5 Å². The lowest BCUT2D eigenvalue weighted by Crippen LogP contribution is -2.58. The number of carbonyl (C=O) groups is 2. The van der Waals surface area contributed by atoms with Gasteiger partial charge in [-0.15, -0.1) is 0 Å². The largest absolute Gasteiger partial charge is 0.415 e. The summed E-state index contributed by atoms with van der Waals surface area (Å²) in [6.07, 6.45) is 8.35. The zero-order valence-corrected chi connectivity index (χ0v) is 18.3. The molecule has 0 N–H and O–H groups in total. The first-order valence-corrected chi connectivity index (χ1v) is 14.2. The van der Waals surface area contributed by atoms with Crippen LogP contribution in [-0.2, 0) is 14.0 Å². The summed E-state index contributed by atoms with van der Waals surface area (Å²) in [5.41, 5.74) is -0.216. The quantitative estimate of drug-likeness (QED) is 0.637. The van der Waals surface area contributed by atoms with E-state index in [-0.39, 0.29) is 16.7 Å². The number of hydrogen-bond donors (Lipinski definition) is 0. The van der Waals surface area contributed by atoms with Crippen LogP contribution < -0.4 is 0 Å². The fourth-order valence-electron chi connectivity index (χ4n) is 7.42. The highest BCUT2D eigenvalue weighted by Crippen LogP contribution is 2.64. The zero-order chi connectivity index (χ0) is 18.9. The van der Waals surface area contributed by atoms with Crippen molar-refractivity contribution < 1.29 is 14.0 Å². The van der Waals surface area contributed by atoms with E-state index >= 15 is 0 Å². The van der Waals surface area contributed by atoms with Gasteiger partial charge in [0.25, 0.3) is 0 Å². The molecule has 3 nitrogen and oxygen atoms in total. The lowest BCUT2D eigenvalue weighted by atomic mass is 9.45. The second-order valence-corrected chi connectivity index (χ2v) is 15.6. The average Bonchev–Trinajstić information content (AvgIpc) is 2.81. The van der Waals surface area contributed by atoms with Crippen LogP contribution in [0.25, 0.3) is 0 Å². The summed E-state index contributed by atoms with van der Waals surface area (Å²) < 4.78 is 6.44. The van der Waals surface area contributed by atoms with E-state index in [9.17, 15) is 9.59 Å². The molecule has 0 radical (unpaired) electrons. The van der Waals surface area contributed by atoms with Crippen LogP contribution in [0.3, 0.4) is 0 Å². The molecule has 4 rings (SSSR count). The first-order valence-electron chi connectivity index (χ1n) is 10.8. The number of carbonyl (C=O) groups excluding carboxylic acids is 2. The summed E-state index contributed by atoms with van der Waals surface area (Å²) in [7, 11) is -1.51. The Hall–Kier alpha value is -0.483. The van der Waals surface area contributed by atoms with Crippen LogP contribution in [0.15, 0.2) is 0 Å². The van der Waals surface area contributed by atoms with Crippen LogP contribution in [-0.4, -0.2) is 26.0 Å². The molecule has 146 valence electrons. The van der Waals surface area contributed by atoms with Gasteiger partial charge < -0.3 is 4.43 Å². The lowest BCUT2D eigenvalue weighted by Gasteiger charge is -2.59. The van der Waals surface area contributed by atoms with Gasteiger partial charge in [0, 0.05) is 30.3 Å². The molecule has 4 aliphatic carbocycles. The Labute approximate surface area is 159 Å². The fourth-order valence-corrected chi connectivity index (χ4v) is 8.63. The minimum absolute atomic E-state index is 0.131. The summed E-state index contributed by atoms with van der Waals surface area (Å²) in [4.78, 5) is 25.8. The SMILES string of the molecule is C[C@]12CC[C@@H](O[Si](C)(C)C)C[C@@H]1CC[C@@H]1[C@@H]2C(=O)C[C@]2(C)C(=O)CC[C@@H]12. The third kappa shape index (κ3) is 2.78. The predicted octanol–water partition coefficient (Wildman–Crippen LogP) is 5.00. The van der Waals surface area contributed by atoms with Gasteiger partial charge in [-0.3, -0.25) is 9.59 Å². The van der Waals surface area contributed by atoms with Crippen LogP contribution in [0.5, 0.6) is 0 Å². The fraction of sp³-hybridized carbons (Fsp3) is 0.909. The van der Waals surface area contributed by atoms with Crippen molar-refractivity contribution in [3.8, 4) is 0 Å². The predicted molar refractivity (Wildman–Crippen MR) is 105 cm³/mol. The van der Waals surface area contributed by atoms with Gasteiger partial charge >= 0.3 is 0 Å². The number of ketones is 2. The topological polar surface area (TPSA) is 43.4 Å². The maximum atomic E-state index is 13.3. The van der Waals surface area contributed by atoms with Crippen molar-refractivity contribution in [1.82, 2.24) is 0 Å². The number of rotatable bonds is 2. The standard InChI is InChI=1S/C22H36O3Si/c1-21-11-10-15(25-26(3,4)5)12-14(21)6-7-16-17-8-9-19(24)22(17,2)13-18(23)20(16)21/h14-17,20H,6-13H2,1-5H3/t14-,15+,16-,17-,20+,21-,22-/m0/s1. The van der Waals surface area contributed by atoms with Gasteiger partial charge in [-0.1, -0.05) is 13.8 Å². The number of hydrogen-bond acceptors (Lipinski definition) is 3. The minimum Gasteiger partial charge on any atom is -0.415 e. The van der Waals surface area contributed by atoms with Crippen molar-refractivity contribution >= 4 is 19.9 Å². The Bertz CT molecular complexity index is 623. The Morgan fingerprint density at radius 3 is 2.46 bits per heavy atom. The second-order valence-electron chi connectivity index (χ2n) is 11.2. The van der Waals surface area contributed by atoms with Gasteiger partial charge in [0.05, 0.1) is 0 Å². The van der Waals surface area contributed by atoms with Crippen molar-refractivity contribution in [1.29, 1.82) is 0 Å². The molecule has 4 heteroatoms. The molecule has 0 spiro atoms. The van der Waals surface area contributed by atoms with Gasteiger partial charge in [0.1, 0.15) is 11.6 Å². The average molecular weight is 377 g/mol. The van der Waals surface area contributed by atoms with Crippen LogP contribution in [0.1, 0.15) is 65.2 Å². The van der Waals surface area contributed by atoms with E-state index in [4.69, 9.17) is 4.43 Å². The maximum absolute atomic E-state index is 13.3. The normalized spacial score (nSPS) is 48.7. The van der Waals surface area contributed by atoms with E-state index in [0.717, 1.165) is 32.1 Å². The summed E-state index contributed by atoms with van der Waals surface area (Å²) in [5.74, 6) is 2.46. The van der Waals surface area contributed by atoms with Crippen molar-refractivity contribution in [2.75, 3.05) is 0 Å². The van der Waals surface area contributed by atoms with Crippen LogP contribution in [0.4, 0.5) is 0 Å². The zero-order valence-electron chi connectivity index (χ0n) is 17.3. The first-order chi connectivity index (χ1) is 12.0. The Balaban J connectivity index is 1.58. The van der Waals surface area contributed by atoms with E-state index in [2.05, 4.69) is 33.5 Å². The highest BCUT2D eigenvalue weighted by Gasteiger charge is 2.63. The van der Waals surface area contributed by atoms with E-state index < -0.39 is 8.32 Å². The molecule has 0 heterocycles. The number of Topliss-reactive ketones (excluding diaryl/α,β-unsaturated/α-hetero) is 2. The smallest absolute Gasteiger partial charge is 0.184 e. The molecule has 26 heavy (non-hydrogen) atoms. The second kappa shape index (κ2) is 6.01. The van der Waals surface area contributed by atoms with Crippen molar-refractivity contribution in [3.63, 3.8) is 0 Å². The third-order valence-corrected chi connectivity index (χ3v) is 9.58. The molecule has 0 bridgehead atoms. The molecule has 0 amide bonds. The van der Waals surface area contributed by atoms with Gasteiger partial charge in [-0.2, -0.15) is 0 Å². The molecule has 7 atom stereocenters. The molecule has 0 saturated heterocycles. The molecule has 0 unspecified atom stereocenters. The van der Waals surface area contributed by atoms with Crippen LogP contribution >= 0.6 is 0 Å². The third-order valence-electron chi connectivity index (χ3n) is 8.54. The molecule has 4 saturated carbocycles. The van der Waals surface area contributed by atoms with Crippen LogP contribution in [0.2, 0.25) is 19.6 Å². The molecule has 0 aromatic rings. The maximum Gasteiger partial charge on any atom is 0.184 e. The Kier molecular flexibility index (Phi) is 4.36. The van der Waals surface area contributed by atoms with Gasteiger partial charge in [-0.05, 0) is 81.3 Å². The monoisotopic (exact) mass is 376 g/mol. The van der Waals surface area contributed by atoms with E-state index in [1.54, 1.807) is 0 Å². The van der Waals surface area contributed by atoms with Gasteiger partial charge in [0.15, 0.2) is 8.32 Å². The van der Waals surface area contributed by atoms with Crippen LogP contribution in [0, 0.1) is 34.5 Å². The Morgan fingerprint density at radius 1 is 1.04 bits per heavy atom. The Morgan fingerprint density at radius 2 is 1.77 bits per heavy atom. The van der Waals surface area contributed by atoms with E-state index in [0.29, 0.717) is 48.3 Å². The summed E-state index contributed by atoms with van der Waals surface area (Å²) in [6, 6.07) is 0. The van der Waals surface area contributed by atoms with Crippen molar-refractivity contribution in [2.45, 2.75) is 91.0 Å². The van der Waals surface area contributed by atoms with Gasteiger partial charge in [-0.25, -0.2) is 0 Å². The van der Waals surface area contributed by atoms with E-state index in [1.165, 1.54) is 6.42 Å². The molecule has 0 aliphatic heterocycles. The molecular weight excluding hydrogens is 340 g/mol. The summed E-state index contributed by atoms with van der Waals surface area (Å²) in [6.45, 7) is 11.3. The highest BCUT2D eigenvalue weighted by atomic mass is 28.4. The molecule has 4 fully saturated rings. The van der Waals surface area contributed by atoms with Crippen molar-refractivity contribution in [3.05, 3.63) is 0 Å². The molecule has 4 aliphatic rings. The molecular formula is C22H36O3Si. The molecule has 0 aromatic carbocycles. The minimum atomic E-state index is -1.51. The first kappa shape index (κ1) is 18.9. The summed E-state index contributed by atoms with van der Waals surface area (Å²) in [5, 5.41) is 0. The summed E-state index contributed by atoms with van der Waals surface area (Å²) >= 11 is 0.